The molecule has 0 aliphatic heterocycles. The number of hydrogen-bond acceptors (Lipinski definition) is 3. The van der Waals surface area contributed by atoms with Gasteiger partial charge in [-0.2, -0.15) is 0 Å². The molecule has 0 aromatic heterocycles. The van der Waals surface area contributed by atoms with Crippen molar-refractivity contribution in [3.8, 4) is 5.75 Å². The van der Waals surface area contributed by atoms with Crippen molar-refractivity contribution >= 4 is 5.91 Å². The molecule has 1 amide bonds. The highest BCUT2D eigenvalue weighted by atomic mass is 16.5. The second kappa shape index (κ2) is 6.25. The van der Waals surface area contributed by atoms with Crippen LogP contribution >= 0.6 is 0 Å². The predicted octanol–water partition coefficient (Wildman–Crippen LogP) is 1.43. The molecule has 94 valence electrons. The topological polar surface area (TPSA) is 41.6 Å². The molecular formula is C13H20N2O2. The van der Waals surface area contributed by atoms with Crippen LogP contribution in [0.15, 0.2) is 24.3 Å². The molecule has 1 aromatic rings. The Bertz CT molecular complexity index is 377. The fourth-order valence-corrected chi connectivity index (χ4v) is 1.53. The minimum absolute atomic E-state index is 0.0618. The molecule has 0 saturated heterocycles. The number of amides is 1. The van der Waals surface area contributed by atoms with Gasteiger partial charge in [-0.15, -0.1) is 0 Å². The Morgan fingerprint density at radius 3 is 2.65 bits per heavy atom. The number of methoxy groups -OCH3 is 1. The van der Waals surface area contributed by atoms with E-state index < -0.39 is 0 Å². The van der Waals surface area contributed by atoms with E-state index in [2.05, 4.69) is 5.32 Å². The fraction of sp³-hybridized carbons (Fsp3) is 0.462. The zero-order valence-corrected chi connectivity index (χ0v) is 10.9. The van der Waals surface area contributed by atoms with Gasteiger partial charge < -0.3 is 15.0 Å². The van der Waals surface area contributed by atoms with Gasteiger partial charge in [0.05, 0.1) is 13.7 Å². The van der Waals surface area contributed by atoms with Crippen molar-refractivity contribution in [2.75, 3.05) is 27.7 Å². The summed E-state index contributed by atoms with van der Waals surface area (Å²) in [6.45, 7) is 2.34. The lowest BCUT2D eigenvalue weighted by Gasteiger charge is -2.18. The number of ether oxygens (including phenoxy) is 1. The van der Waals surface area contributed by atoms with Crippen LogP contribution in [-0.2, 0) is 4.79 Å². The zero-order valence-electron chi connectivity index (χ0n) is 10.9. The minimum Gasteiger partial charge on any atom is -0.496 e. The summed E-state index contributed by atoms with van der Waals surface area (Å²) in [7, 11) is 5.14. The standard InChI is InChI=1S/C13H20N2O2/c1-10(14-9-13(16)15(2)3)11-7-5-6-8-12(11)17-4/h5-8,10,14H,9H2,1-4H3/t10-/m1/s1. The van der Waals surface area contributed by atoms with Crippen molar-refractivity contribution < 1.29 is 9.53 Å². The van der Waals surface area contributed by atoms with E-state index in [1.807, 2.05) is 31.2 Å². The van der Waals surface area contributed by atoms with Crippen LogP contribution in [0.2, 0.25) is 0 Å². The SMILES string of the molecule is COc1ccccc1[C@@H](C)NCC(=O)N(C)C. The first-order valence-electron chi connectivity index (χ1n) is 5.62. The van der Waals surface area contributed by atoms with Crippen molar-refractivity contribution in [3.05, 3.63) is 29.8 Å². The first-order chi connectivity index (χ1) is 8.06. The van der Waals surface area contributed by atoms with Gasteiger partial charge >= 0.3 is 0 Å². The van der Waals surface area contributed by atoms with Gasteiger partial charge in [0.25, 0.3) is 0 Å². The third-order valence-corrected chi connectivity index (χ3v) is 2.66. The number of rotatable bonds is 5. The molecule has 4 heteroatoms. The van der Waals surface area contributed by atoms with Crippen LogP contribution in [0, 0.1) is 0 Å². The van der Waals surface area contributed by atoms with Crippen LogP contribution in [0.5, 0.6) is 5.75 Å². The average Bonchev–Trinajstić information content (AvgIpc) is 2.35. The molecule has 0 spiro atoms. The highest BCUT2D eigenvalue weighted by Crippen LogP contribution is 2.23. The van der Waals surface area contributed by atoms with Crippen molar-refractivity contribution in [2.45, 2.75) is 13.0 Å². The quantitative estimate of drug-likeness (QED) is 0.841. The smallest absolute Gasteiger partial charge is 0.236 e. The van der Waals surface area contributed by atoms with Crippen molar-refractivity contribution in [1.29, 1.82) is 0 Å². The Kier molecular flexibility index (Phi) is 4.97. The molecule has 0 aliphatic rings. The number of likely N-dealkylation sites (N-methyl/N-ethyl adjacent to an activating group) is 1. The summed E-state index contributed by atoms with van der Waals surface area (Å²) in [5, 5.41) is 3.18. The second-order valence-corrected chi connectivity index (χ2v) is 4.13. The third-order valence-electron chi connectivity index (χ3n) is 2.66. The van der Waals surface area contributed by atoms with E-state index >= 15 is 0 Å². The van der Waals surface area contributed by atoms with Gasteiger partial charge in [-0.25, -0.2) is 0 Å². The molecule has 1 aromatic carbocycles. The van der Waals surface area contributed by atoms with Crippen LogP contribution in [0.3, 0.4) is 0 Å². The number of para-hydroxylation sites is 1. The van der Waals surface area contributed by atoms with Crippen LogP contribution in [0.25, 0.3) is 0 Å². The summed E-state index contributed by atoms with van der Waals surface area (Å²) in [6.07, 6.45) is 0. The van der Waals surface area contributed by atoms with Gasteiger partial charge in [0, 0.05) is 25.7 Å². The summed E-state index contributed by atoms with van der Waals surface area (Å²) in [6, 6.07) is 7.89. The molecule has 0 bridgehead atoms. The lowest BCUT2D eigenvalue weighted by Crippen LogP contribution is -2.34. The van der Waals surface area contributed by atoms with E-state index in [1.54, 1.807) is 26.1 Å². The Balaban J connectivity index is 2.63. The third kappa shape index (κ3) is 3.75. The van der Waals surface area contributed by atoms with Crippen molar-refractivity contribution in [1.82, 2.24) is 10.2 Å². The summed E-state index contributed by atoms with van der Waals surface area (Å²) >= 11 is 0. The summed E-state index contributed by atoms with van der Waals surface area (Å²) in [5.41, 5.74) is 1.06. The van der Waals surface area contributed by atoms with Gasteiger partial charge in [0.1, 0.15) is 5.75 Å². The Morgan fingerprint density at radius 2 is 2.06 bits per heavy atom. The number of hydrogen-bond donors (Lipinski definition) is 1. The van der Waals surface area contributed by atoms with E-state index in [-0.39, 0.29) is 11.9 Å². The molecule has 0 heterocycles. The van der Waals surface area contributed by atoms with Crippen molar-refractivity contribution in [3.63, 3.8) is 0 Å². The van der Waals surface area contributed by atoms with E-state index in [0.717, 1.165) is 11.3 Å². The van der Waals surface area contributed by atoms with E-state index in [9.17, 15) is 4.79 Å². The normalized spacial score (nSPS) is 12.0. The maximum absolute atomic E-state index is 11.5. The summed E-state index contributed by atoms with van der Waals surface area (Å²) in [5.74, 6) is 0.900. The molecule has 0 radical (unpaired) electrons. The number of carbonyl (C=O) groups excluding carboxylic acids is 1. The maximum Gasteiger partial charge on any atom is 0.236 e. The van der Waals surface area contributed by atoms with Crippen LogP contribution < -0.4 is 10.1 Å². The predicted molar refractivity (Wildman–Crippen MR) is 68.1 cm³/mol. The average molecular weight is 236 g/mol. The molecular weight excluding hydrogens is 216 g/mol. The summed E-state index contributed by atoms with van der Waals surface area (Å²) in [4.78, 5) is 13.0. The number of carbonyl (C=O) groups is 1. The molecule has 0 fully saturated rings. The number of nitrogens with one attached hydrogen (secondary N) is 1. The van der Waals surface area contributed by atoms with Gasteiger partial charge in [0.2, 0.25) is 5.91 Å². The molecule has 17 heavy (non-hydrogen) atoms. The Labute approximate surface area is 103 Å². The maximum atomic E-state index is 11.5. The molecule has 0 unspecified atom stereocenters. The monoisotopic (exact) mass is 236 g/mol. The van der Waals surface area contributed by atoms with Crippen LogP contribution in [0.1, 0.15) is 18.5 Å². The molecule has 0 saturated carbocycles. The van der Waals surface area contributed by atoms with Crippen LogP contribution in [0.4, 0.5) is 0 Å². The minimum atomic E-state index is 0.0618. The summed E-state index contributed by atoms with van der Waals surface area (Å²) < 4.78 is 5.29. The first kappa shape index (κ1) is 13.5. The second-order valence-electron chi connectivity index (χ2n) is 4.13. The van der Waals surface area contributed by atoms with Gasteiger partial charge in [-0.05, 0) is 13.0 Å². The van der Waals surface area contributed by atoms with Crippen LogP contribution in [-0.4, -0.2) is 38.6 Å². The Hall–Kier alpha value is -1.55. The van der Waals surface area contributed by atoms with Crippen molar-refractivity contribution in [2.24, 2.45) is 0 Å². The lowest BCUT2D eigenvalue weighted by molar-refractivity contribution is -0.127. The first-order valence-corrected chi connectivity index (χ1v) is 5.62. The molecule has 1 rings (SSSR count). The Morgan fingerprint density at radius 1 is 1.41 bits per heavy atom. The van der Waals surface area contributed by atoms with E-state index in [1.165, 1.54) is 0 Å². The van der Waals surface area contributed by atoms with E-state index in [0.29, 0.717) is 6.54 Å². The highest BCUT2D eigenvalue weighted by Gasteiger charge is 2.12. The van der Waals surface area contributed by atoms with Gasteiger partial charge in [-0.1, -0.05) is 18.2 Å². The highest BCUT2D eigenvalue weighted by molar-refractivity contribution is 5.77. The molecule has 0 aliphatic carbocycles. The molecule has 1 N–H and O–H groups in total. The molecule has 4 nitrogen and oxygen atoms in total. The number of nitrogens with zero attached hydrogens (tertiary/aromatic N) is 1. The fourth-order valence-electron chi connectivity index (χ4n) is 1.53. The van der Waals surface area contributed by atoms with Gasteiger partial charge in [0.15, 0.2) is 0 Å². The lowest BCUT2D eigenvalue weighted by atomic mass is 10.1. The zero-order chi connectivity index (χ0) is 12.8. The van der Waals surface area contributed by atoms with E-state index in [4.69, 9.17) is 4.74 Å². The largest absolute Gasteiger partial charge is 0.496 e. The molecule has 1 atom stereocenters. The number of benzene rings is 1. The van der Waals surface area contributed by atoms with Gasteiger partial charge in [-0.3, -0.25) is 4.79 Å².